The summed E-state index contributed by atoms with van der Waals surface area (Å²) in [4.78, 5) is 14.4. The van der Waals surface area contributed by atoms with E-state index in [1.165, 1.54) is 13.3 Å². The second-order valence-electron chi connectivity index (χ2n) is 2.30. The van der Waals surface area contributed by atoms with Crippen molar-refractivity contribution in [2.24, 2.45) is 0 Å². The maximum absolute atomic E-state index is 11.1. The maximum atomic E-state index is 11.1. The Labute approximate surface area is 89.2 Å². The van der Waals surface area contributed by atoms with Gasteiger partial charge in [0.1, 0.15) is 9.98 Å². The molecule has 3 nitrogen and oxygen atoms in total. The van der Waals surface area contributed by atoms with Gasteiger partial charge in [0.2, 0.25) is 0 Å². The van der Waals surface area contributed by atoms with E-state index < -0.39 is 4.83 Å². The fourth-order valence-corrected chi connectivity index (χ4v) is 1.35. The summed E-state index contributed by atoms with van der Waals surface area (Å²) in [5, 5.41) is 0.397. The molecule has 0 spiro atoms. The molecule has 0 radical (unpaired) electrons. The van der Waals surface area contributed by atoms with E-state index in [4.69, 9.17) is 11.6 Å². The van der Waals surface area contributed by atoms with Crippen LogP contribution < -0.4 is 0 Å². The van der Waals surface area contributed by atoms with Crippen LogP contribution in [0.2, 0.25) is 5.15 Å². The second-order valence-corrected chi connectivity index (χ2v) is 3.60. The summed E-state index contributed by atoms with van der Waals surface area (Å²) < 4.78 is 4.55. The smallest absolute Gasteiger partial charge is 0.324 e. The number of carbonyl (C=O) groups excluding carboxylic acids is 1. The molecule has 1 aromatic rings. The number of carbonyl (C=O) groups is 1. The molecule has 0 aliphatic heterocycles. The van der Waals surface area contributed by atoms with E-state index in [2.05, 4.69) is 25.7 Å². The lowest BCUT2D eigenvalue weighted by Gasteiger charge is -2.06. The highest BCUT2D eigenvalue weighted by Gasteiger charge is 2.17. The van der Waals surface area contributed by atoms with Crippen LogP contribution in [0.3, 0.4) is 0 Å². The second kappa shape index (κ2) is 4.58. The Morgan fingerprint density at radius 3 is 2.85 bits per heavy atom. The number of methoxy groups -OCH3 is 1. The van der Waals surface area contributed by atoms with Gasteiger partial charge in [-0.2, -0.15) is 0 Å². The van der Waals surface area contributed by atoms with Crippen molar-refractivity contribution < 1.29 is 9.53 Å². The van der Waals surface area contributed by atoms with E-state index in [0.717, 1.165) is 5.56 Å². The molecular formula is C8H7BrClNO2. The van der Waals surface area contributed by atoms with Crippen LogP contribution in [-0.2, 0) is 9.53 Å². The quantitative estimate of drug-likeness (QED) is 0.467. The molecule has 1 atom stereocenters. The van der Waals surface area contributed by atoms with Gasteiger partial charge in [0.25, 0.3) is 0 Å². The molecular weight excluding hydrogens is 257 g/mol. The van der Waals surface area contributed by atoms with Crippen LogP contribution in [0.15, 0.2) is 18.3 Å². The Bertz CT molecular complexity index is 302. The van der Waals surface area contributed by atoms with Crippen LogP contribution in [0.4, 0.5) is 0 Å². The maximum Gasteiger partial charge on any atom is 0.324 e. The van der Waals surface area contributed by atoms with E-state index in [9.17, 15) is 4.79 Å². The first kappa shape index (κ1) is 10.5. The molecule has 0 aromatic carbocycles. The number of alkyl halides is 1. The summed E-state index contributed by atoms with van der Waals surface area (Å²) >= 11 is 8.77. The van der Waals surface area contributed by atoms with Gasteiger partial charge in [-0.15, -0.1) is 0 Å². The highest BCUT2D eigenvalue weighted by atomic mass is 79.9. The van der Waals surface area contributed by atoms with Crippen molar-refractivity contribution in [1.29, 1.82) is 0 Å². The van der Waals surface area contributed by atoms with Crippen molar-refractivity contribution in [2.45, 2.75) is 4.83 Å². The summed E-state index contributed by atoms with van der Waals surface area (Å²) in [6, 6.07) is 3.33. The SMILES string of the molecule is COC(=O)[C@@H](Br)c1ccc(Cl)nc1. The molecule has 70 valence electrons. The van der Waals surface area contributed by atoms with Crippen LogP contribution in [0.5, 0.6) is 0 Å². The molecule has 0 amide bonds. The van der Waals surface area contributed by atoms with Gasteiger partial charge in [-0.3, -0.25) is 4.79 Å². The number of ether oxygens (including phenoxy) is 1. The van der Waals surface area contributed by atoms with Crippen LogP contribution in [0.25, 0.3) is 0 Å². The summed E-state index contributed by atoms with van der Waals surface area (Å²) in [7, 11) is 1.33. The lowest BCUT2D eigenvalue weighted by molar-refractivity contribution is -0.139. The average Bonchev–Trinajstić information content (AvgIpc) is 2.17. The number of rotatable bonds is 2. The molecule has 0 saturated carbocycles. The number of hydrogen-bond donors (Lipinski definition) is 0. The first-order valence-corrected chi connectivity index (χ1v) is 4.78. The van der Waals surface area contributed by atoms with Crippen LogP contribution in [0, 0.1) is 0 Å². The van der Waals surface area contributed by atoms with Gasteiger partial charge < -0.3 is 4.74 Å². The van der Waals surface area contributed by atoms with Gasteiger partial charge >= 0.3 is 5.97 Å². The fraction of sp³-hybridized carbons (Fsp3) is 0.250. The van der Waals surface area contributed by atoms with Crippen molar-refractivity contribution in [3.63, 3.8) is 0 Å². The Kier molecular flexibility index (Phi) is 3.69. The Morgan fingerprint density at radius 1 is 1.69 bits per heavy atom. The van der Waals surface area contributed by atoms with Crippen LogP contribution in [-0.4, -0.2) is 18.1 Å². The number of esters is 1. The van der Waals surface area contributed by atoms with Crippen molar-refractivity contribution in [1.82, 2.24) is 4.98 Å². The van der Waals surface area contributed by atoms with E-state index in [0.29, 0.717) is 5.15 Å². The van der Waals surface area contributed by atoms with Crippen LogP contribution in [0.1, 0.15) is 10.4 Å². The molecule has 0 bridgehead atoms. The zero-order valence-electron chi connectivity index (χ0n) is 6.83. The lowest BCUT2D eigenvalue weighted by Crippen LogP contribution is -2.08. The van der Waals surface area contributed by atoms with Gasteiger partial charge in [0.15, 0.2) is 0 Å². The topological polar surface area (TPSA) is 39.2 Å². The predicted molar refractivity (Wildman–Crippen MR) is 52.9 cm³/mol. The van der Waals surface area contributed by atoms with Crippen molar-refractivity contribution >= 4 is 33.5 Å². The van der Waals surface area contributed by atoms with Gasteiger partial charge in [-0.05, 0) is 11.6 Å². The minimum atomic E-state index is -0.484. The molecule has 0 N–H and O–H groups in total. The van der Waals surface area contributed by atoms with Crippen molar-refractivity contribution in [3.8, 4) is 0 Å². The number of aromatic nitrogens is 1. The van der Waals surface area contributed by atoms with Crippen molar-refractivity contribution in [3.05, 3.63) is 29.0 Å². The molecule has 0 aliphatic rings. The number of nitrogens with zero attached hydrogens (tertiary/aromatic N) is 1. The molecule has 1 heterocycles. The fourth-order valence-electron chi connectivity index (χ4n) is 0.777. The molecule has 0 fully saturated rings. The lowest BCUT2D eigenvalue weighted by atomic mass is 10.2. The third-order valence-corrected chi connectivity index (χ3v) is 2.58. The molecule has 0 saturated heterocycles. The van der Waals surface area contributed by atoms with E-state index in [1.54, 1.807) is 12.1 Å². The zero-order chi connectivity index (χ0) is 9.84. The minimum absolute atomic E-state index is 0.357. The van der Waals surface area contributed by atoms with Gasteiger partial charge in [-0.25, -0.2) is 4.98 Å². The van der Waals surface area contributed by atoms with E-state index in [-0.39, 0.29) is 5.97 Å². The summed E-state index contributed by atoms with van der Waals surface area (Å²) in [6.07, 6.45) is 1.53. The third-order valence-electron chi connectivity index (χ3n) is 1.45. The average molecular weight is 265 g/mol. The van der Waals surface area contributed by atoms with Crippen LogP contribution >= 0.6 is 27.5 Å². The van der Waals surface area contributed by atoms with Gasteiger partial charge in [0, 0.05) is 6.20 Å². The zero-order valence-corrected chi connectivity index (χ0v) is 9.17. The Hall–Kier alpha value is -0.610. The number of halogens is 2. The molecule has 13 heavy (non-hydrogen) atoms. The van der Waals surface area contributed by atoms with Gasteiger partial charge in [0.05, 0.1) is 7.11 Å². The molecule has 0 aliphatic carbocycles. The monoisotopic (exact) mass is 263 g/mol. The molecule has 1 aromatic heterocycles. The summed E-state index contributed by atoms with van der Waals surface area (Å²) in [5.41, 5.74) is 0.719. The first-order valence-electron chi connectivity index (χ1n) is 3.48. The predicted octanol–water partition coefficient (Wildman–Crippen LogP) is 2.34. The standard InChI is InChI=1S/C8H7BrClNO2/c1-13-8(12)7(9)5-2-3-6(10)11-4-5/h2-4,7H,1H3/t7-/m0/s1. The Balaban J connectivity index is 2.83. The molecule has 5 heteroatoms. The van der Waals surface area contributed by atoms with E-state index in [1.807, 2.05) is 0 Å². The first-order chi connectivity index (χ1) is 6.15. The van der Waals surface area contributed by atoms with E-state index >= 15 is 0 Å². The number of hydrogen-bond acceptors (Lipinski definition) is 3. The minimum Gasteiger partial charge on any atom is -0.468 e. The Morgan fingerprint density at radius 2 is 2.38 bits per heavy atom. The molecule has 1 rings (SSSR count). The largest absolute Gasteiger partial charge is 0.468 e. The highest BCUT2D eigenvalue weighted by Crippen LogP contribution is 2.23. The van der Waals surface area contributed by atoms with Gasteiger partial charge in [-0.1, -0.05) is 33.6 Å². The normalized spacial score (nSPS) is 12.2. The molecule has 0 unspecified atom stereocenters. The summed E-state index contributed by atoms with van der Waals surface area (Å²) in [6.45, 7) is 0. The number of pyridine rings is 1. The highest BCUT2D eigenvalue weighted by molar-refractivity contribution is 9.09. The third kappa shape index (κ3) is 2.67. The summed E-state index contributed by atoms with van der Waals surface area (Å²) in [5.74, 6) is -0.357. The van der Waals surface area contributed by atoms with Crippen molar-refractivity contribution in [2.75, 3.05) is 7.11 Å².